The van der Waals surface area contributed by atoms with Crippen LogP contribution in [0.15, 0.2) is 79.4 Å². The normalized spacial score (nSPS) is 11.5. The molecule has 0 aliphatic rings. The highest BCUT2D eigenvalue weighted by atomic mass is 19.4. The van der Waals surface area contributed by atoms with Crippen LogP contribution in [-0.2, 0) is 6.18 Å². The summed E-state index contributed by atoms with van der Waals surface area (Å²) in [6.45, 7) is 0. The summed E-state index contributed by atoms with van der Waals surface area (Å²) in [7, 11) is 0. The van der Waals surface area contributed by atoms with Gasteiger partial charge in [0, 0.05) is 18.0 Å². The van der Waals surface area contributed by atoms with Crippen LogP contribution in [-0.4, -0.2) is 19.5 Å². The third-order valence-electron chi connectivity index (χ3n) is 4.00. The van der Waals surface area contributed by atoms with Crippen molar-refractivity contribution in [1.29, 1.82) is 0 Å². The number of imidazole rings is 1. The molecule has 0 N–H and O–H groups in total. The van der Waals surface area contributed by atoms with Gasteiger partial charge in [-0.25, -0.2) is 15.0 Å². The summed E-state index contributed by atoms with van der Waals surface area (Å²) >= 11 is 0. The minimum Gasteiger partial charge on any atom is -0.290 e. The molecule has 0 saturated heterocycles. The lowest BCUT2D eigenvalue weighted by molar-refractivity contribution is -0.144. The zero-order valence-corrected chi connectivity index (χ0v) is 13.9. The number of alkyl halides is 3. The Labute approximate surface area is 153 Å². The number of benzene rings is 2. The van der Waals surface area contributed by atoms with E-state index < -0.39 is 12.0 Å². The topological polar surface area (TPSA) is 43.6 Å². The van der Waals surface area contributed by atoms with Gasteiger partial charge in [0.05, 0.1) is 11.3 Å². The van der Waals surface area contributed by atoms with E-state index in [1.54, 1.807) is 36.5 Å². The van der Waals surface area contributed by atoms with Crippen LogP contribution in [0.5, 0.6) is 0 Å². The predicted molar refractivity (Wildman–Crippen MR) is 95.0 cm³/mol. The van der Waals surface area contributed by atoms with Gasteiger partial charge in [-0.3, -0.25) is 4.57 Å². The Hall–Kier alpha value is -3.48. The first kappa shape index (κ1) is 17.0. The molecule has 0 atom stereocenters. The molecule has 4 aromatic rings. The van der Waals surface area contributed by atoms with E-state index in [0.717, 1.165) is 0 Å². The number of halogens is 3. The number of rotatable bonds is 3. The molecule has 2 heterocycles. The summed E-state index contributed by atoms with van der Waals surface area (Å²) < 4.78 is 41.9. The van der Waals surface area contributed by atoms with Crippen LogP contribution in [0.1, 0.15) is 5.82 Å². The molecule has 4 nitrogen and oxygen atoms in total. The second kappa shape index (κ2) is 6.68. The third kappa shape index (κ3) is 3.31. The van der Waals surface area contributed by atoms with Gasteiger partial charge < -0.3 is 0 Å². The van der Waals surface area contributed by atoms with E-state index in [1.807, 2.05) is 30.3 Å². The van der Waals surface area contributed by atoms with Crippen molar-refractivity contribution in [2.75, 3.05) is 0 Å². The zero-order valence-electron chi connectivity index (χ0n) is 13.9. The predicted octanol–water partition coefficient (Wildman–Crippen LogP) is 5.02. The molecule has 0 amide bonds. The van der Waals surface area contributed by atoms with Gasteiger partial charge in [0.15, 0.2) is 5.82 Å². The molecule has 0 saturated carbocycles. The maximum absolute atomic E-state index is 13.5. The lowest BCUT2D eigenvalue weighted by Gasteiger charge is -2.17. The summed E-state index contributed by atoms with van der Waals surface area (Å²) in [6, 6.07) is 17.9. The number of aromatic nitrogens is 4. The van der Waals surface area contributed by atoms with Crippen LogP contribution in [0.4, 0.5) is 13.2 Å². The van der Waals surface area contributed by atoms with Gasteiger partial charge in [0.25, 0.3) is 0 Å². The monoisotopic (exact) mass is 366 g/mol. The Balaban J connectivity index is 2.11. The van der Waals surface area contributed by atoms with Crippen LogP contribution in [0.2, 0.25) is 0 Å². The minimum absolute atomic E-state index is 0.125. The molecule has 134 valence electrons. The molecular weight excluding hydrogens is 353 g/mol. The first-order valence-electron chi connectivity index (χ1n) is 8.12. The van der Waals surface area contributed by atoms with Crippen molar-refractivity contribution in [2.45, 2.75) is 6.18 Å². The van der Waals surface area contributed by atoms with Crippen molar-refractivity contribution in [3.63, 3.8) is 0 Å². The van der Waals surface area contributed by atoms with E-state index in [-0.39, 0.29) is 11.5 Å². The summed E-state index contributed by atoms with van der Waals surface area (Å²) in [5.41, 5.74) is 2.01. The molecule has 0 fully saturated rings. The molecule has 0 spiro atoms. The Morgan fingerprint density at radius 2 is 1.41 bits per heavy atom. The van der Waals surface area contributed by atoms with Gasteiger partial charge in [-0.15, -0.1) is 0 Å². The molecule has 0 radical (unpaired) electrons. The third-order valence-corrected chi connectivity index (χ3v) is 4.00. The van der Waals surface area contributed by atoms with E-state index in [4.69, 9.17) is 0 Å². The van der Waals surface area contributed by atoms with Crippen LogP contribution in [0.25, 0.3) is 28.2 Å². The smallest absolute Gasteiger partial charge is 0.290 e. The average Bonchev–Trinajstić information content (AvgIpc) is 3.22. The zero-order chi connectivity index (χ0) is 18.9. The van der Waals surface area contributed by atoms with Crippen molar-refractivity contribution in [2.24, 2.45) is 0 Å². The van der Waals surface area contributed by atoms with Crippen LogP contribution in [0, 0.1) is 0 Å². The second-order valence-electron chi connectivity index (χ2n) is 5.79. The van der Waals surface area contributed by atoms with Gasteiger partial charge in [-0.1, -0.05) is 60.7 Å². The number of hydrogen-bond donors (Lipinski definition) is 0. The minimum atomic E-state index is -4.67. The van der Waals surface area contributed by atoms with Gasteiger partial charge in [-0.05, 0) is 5.56 Å². The maximum atomic E-state index is 13.5. The summed E-state index contributed by atoms with van der Waals surface area (Å²) in [6.07, 6.45) is -0.201. The first-order chi connectivity index (χ1) is 13.0. The molecule has 2 aromatic heterocycles. The summed E-state index contributed by atoms with van der Waals surface area (Å²) in [5, 5.41) is 0. The van der Waals surface area contributed by atoms with Gasteiger partial charge in [0.1, 0.15) is 6.33 Å². The SMILES string of the molecule is FC(F)(F)c1nc(-c2ccccc2)c(-c2ccccc2)c(-n2ccnc2)n1. The maximum Gasteiger partial charge on any atom is 0.451 e. The molecule has 27 heavy (non-hydrogen) atoms. The van der Waals surface area contributed by atoms with Crippen molar-refractivity contribution >= 4 is 0 Å². The molecule has 0 aliphatic carbocycles. The first-order valence-corrected chi connectivity index (χ1v) is 8.12. The highest BCUT2D eigenvalue weighted by Gasteiger charge is 2.37. The summed E-state index contributed by atoms with van der Waals surface area (Å²) in [5.74, 6) is -1.07. The molecule has 7 heteroatoms. The van der Waals surface area contributed by atoms with Crippen LogP contribution in [0.3, 0.4) is 0 Å². The van der Waals surface area contributed by atoms with Crippen molar-refractivity contribution in [1.82, 2.24) is 19.5 Å². The largest absolute Gasteiger partial charge is 0.451 e. The molecule has 0 unspecified atom stereocenters. The molecular formula is C20H13F3N4. The lowest BCUT2D eigenvalue weighted by atomic mass is 9.99. The summed E-state index contributed by atoms with van der Waals surface area (Å²) in [4.78, 5) is 11.7. The molecule has 4 rings (SSSR count). The van der Waals surface area contributed by atoms with Gasteiger partial charge >= 0.3 is 6.18 Å². The Morgan fingerprint density at radius 3 is 1.96 bits per heavy atom. The lowest BCUT2D eigenvalue weighted by Crippen LogP contribution is -2.15. The molecule has 2 aromatic carbocycles. The molecule has 0 bridgehead atoms. The number of hydrogen-bond acceptors (Lipinski definition) is 3. The van der Waals surface area contributed by atoms with Gasteiger partial charge in [0.2, 0.25) is 5.82 Å². The fraction of sp³-hybridized carbons (Fsp3) is 0.0500. The standard InChI is InChI=1S/C20H13F3N4/c21-20(22,23)19-25-17(15-9-5-2-6-10-15)16(14-7-3-1-4-8-14)18(26-19)27-12-11-24-13-27/h1-13H. The molecule has 0 aliphatic heterocycles. The van der Waals surface area contributed by atoms with Crippen LogP contribution < -0.4 is 0 Å². The highest BCUT2D eigenvalue weighted by Crippen LogP contribution is 2.37. The Morgan fingerprint density at radius 1 is 0.778 bits per heavy atom. The van der Waals surface area contributed by atoms with E-state index in [1.165, 1.54) is 17.1 Å². The highest BCUT2D eigenvalue weighted by molar-refractivity contribution is 5.85. The van der Waals surface area contributed by atoms with E-state index >= 15 is 0 Å². The number of nitrogens with zero attached hydrogens (tertiary/aromatic N) is 4. The Bertz CT molecular complexity index is 1040. The van der Waals surface area contributed by atoms with Crippen molar-refractivity contribution in [3.05, 3.63) is 85.2 Å². The average molecular weight is 366 g/mol. The Kier molecular flexibility index (Phi) is 4.19. The van der Waals surface area contributed by atoms with Crippen molar-refractivity contribution in [3.8, 4) is 28.2 Å². The van der Waals surface area contributed by atoms with Crippen LogP contribution >= 0.6 is 0 Å². The fourth-order valence-electron chi connectivity index (χ4n) is 2.82. The van der Waals surface area contributed by atoms with Gasteiger partial charge in [-0.2, -0.15) is 13.2 Å². The van der Waals surface area contributed by atoms with E-state index in [9.17, 15) is 13.2 Å². The van der Waals surface area contributed by atoms with Crippen molar-refractivity contribution < 1.29 is 13.2 Å². The quantitative estimate of drug-likeness (QED) is 0.512. The fourth-order valence-corrected chi connectivity index (χ4v) is 2.82. The van der Waals surface area contributed by atoms with E-state index in [2.05, 4.69) is 15.0 Å². The second-order valence-corrected chi connectivity index (χ2v) is 5.79. The van der Waals surface area contributed by atoms with E-state index in [0.29, 0.717) is 16.7 Å².